The maximum absolute atomic E-state index is 12.7. The third-order valence-electron chi connectivity index (χ3n) is 5.26. The third kappa shape index (κ3) is 4.45. The van der Waals surface area contributed by atoms with Gasteiger partial charge in [0.2, 0.25) is 11.7 Å². The fourth-order valence-corrected chi connectivity index (χ4v) is 3.53. The van der Waals surface area contributed by atoms with Crippen molar-refractivity contribution in [2.45, 2.75) is 26.4 Å². The van der Waals surface area contributed by atoms with E-state index in [1.807, 2.05) is 61.2 Å². The molecule has 0 bridgehead atoms. The van der Waals surface area contributed by atoms with E-state index in [2.05, 4.69) is 27.2 Å². The Morgan fingerprint density at radius 3 is 2.40 bits per heavy atom. The van der Waals surface area contributed by atoms with Crippen LogP contribution in [-0.4, -0.2) is 53.2 Å². The SMILES string of the molecule is CCc1nc(-c2ccc(N3CCN(C(=O)[C@H](C)Oc4ccccc4)CC3)cc2)no1. The van der Waals surface area contributed by atoms with Gasteiger partial charge in [-0.3, -0.25) is 4.79 Å². The number of piperazine rings is 1. The van der Waals surface area contributed by atoms with Crippen molar-refractivity contribution in [1.82, 2.24) is 15.0 Å². The Labute approximate surface area is 176 Å². The van der Waals surface area contributed by atoms with Gasteiger partial charge in [-0.15, -0.1) is 0 Å². The minimum Gasteiger partial charge on any atom is -0.481 e. The molecule has 4 rings (SSSR count). The molecule has 0 N–H and O–H groups in total. The molecule has 1 aliphatic rings. The van der Waals surface area contributed by atoms with Gasteiger partial charge in [0.1, 0.15) is 5.75 Å². The number of carbonyl (C=O) groups is 1. The predicted molar refractivity (Wildman–Crippen MR) is 114 cm³/mol. The maximum Gasteiger partial charge on any atom is 0.263 e. The van der Waals surface area contributed by atoms with Crippen LogP contribution in [-0.2, 0) is 11.2 Å². The number of ether oxygens (including phenoxy) is 1. The van der Waals surface area contributed by atoms with Crippen LogP contribution < -0.4 is 9.64 Å². The number of nitrogens with zero attached hydrogens (tertiary/aromatic N) is 4. The van der Waals surface area contributed by atoms with E-state index in [1.165, 1.54) is 0 Å². The number of hydrogen-bond donors (Lipinski definition) is 0. The van der Waals surface area contributed by atoms with Crippen LogP contribution in [0, 0.1) is 0 Å². The van der Waals surface area contributed by atoms with Gasteiger partial charge < -0.3 is 19.1 Å². The lowest BCUT2D eigenvalue weighted by molar-refractivity contribution is -0.138. The molecule has 0 spiro atoms. The average Bonchev–Trinajstić information content (AvgIpc) is 3.29. The molecule has 2 heterocycles. The number of benzene rings is 2. The highest BCUT2D eigenvalue weighted by atomic mass is 16.5. The van der Waals surface area contributed by atoms with Gasteiger partial charge >= 0.3 is 0 Å². The Hall–Kier alpha value is -3.35. The predicted octanol–water partition coefficient (Wildman–Crippen LogP) is 3.42. The smallest absolute Gasteiger partial charge is 0.263 e. The summed E-state index contributed by atoms with van der Waals surface area (Å²) in [5.41, 5.74) is 2.06. The fourth-order valence-electron chi connectivity index (χ4n) is 3.53. The molecule has 3 aromatic rings. The van der Waals surface area contributed by atoms with Crippen molar-refractivity contribution >= 4 is 11.6 Å². The number of anilines is 1. The summed E-state index contributed by atoms with van der Waals surface area (Å²) in [5, 5.41) is 4.02. The summed E-state index contributed by atoms with van der Waals surface area (Å²) in [6, 6.07) is 17.6. The molecule has 1 fully saturated rings. The molecule has 1 amide bonds. The highest BCUT2D eigenvalue weighted by Crippen LogP contribution is 2.23. The van der Waals surface area contributed by atoms with E-state index >= 15 is 0 Å². The third-order valence-corrected chi connectivity index (χ3v) is 5.26. The number of aromatic nitrogens is 2. The minimum absolute atomic E-state index is 0.0256. The molecule has 0 saturated carbocycles. The molecule has 1 aromatic heterocycles. The largest absolute Gasteiger partial charge is 0.481 e. The van der Waals surface area contributed by atoms with Gasteiger partial charge in [-0.25, -0.2) is 0 Å². The summed E-state index contributed by atoms with van der Waals surface area (Å²) in [7, 11) is 0. The van der Waals surface area contributed by atoms with Crippen molar-refractivity contribution in [3.05, 3.63) is 60.5 Å². The normalized spacial score (nSPS) is 15.1. The molecule has 2 aromatic carbocycles. The molecular formula is C23H26N4O3. The number of carbonyl (C=O) groups excluding carboxylic acids is 1. The van der Waals surface area contributed by atoms with Crippen molar-refractivity contribution in [2.75, 3.05) is 31.1 Å². The van der Waals surface area contributed by atoms with Crippen LogP contribution in [0.4, 0.5) is 5.69 Å². The molecule has 0 aliphatic carbocycles. The first-order valence-electron chi connectivity index (χ1n) is 10.3. The zero-order valence-electron chi connectivity index (χ0n) is 17.3. The lowest BCUT2D eigenvalue weighted by Gasteiger charge is -2.37. The zero-order valence-corrected chi connectivity index (χ0v) is 17.3. The highest BCUT2D eigenvalue weighted by Gasteiger charge is 2.26. The van der Waals surface area contributed by atoms with E-state index < -0.39 is 6.10 Å². The van der Waals surface area contributed by atoms with Crippen LogP contribution in [0.2, 0.25) is 0 Å². The van der Waals surface area contributed by atoms with Crippen molar-refractivity contribution in [1.29, 1.82) is 0 Å². The van der Waals surface area contributed by atoms with Crippen molar-refractivity contribution in [3.8, 4) is 17.1 Å². The van der Waals surface area contributed by atoms with Crippen LogP contribution >= 0.6 is 0 Å². The van der Waals surface area contributed by atoms with Crippen molar-refractivity contribution < 1.29 is 14.1 Å². The van der Waals surface area contributed by atoms with Gasteiger partial charge in [0.05, 0.1) is 0 Å². The molecule has 1 aliphatic heterocycles. The standard InChI is InChI=1S/C23H26N4O3/c1-3-21-24-22(25-30-21)18-9-11-19(12-10-18)26-13-15-27(16-14-26)23(28)17(2)29-20-7-5-4-6-8-20/h4-12,17H,3,13-16H2,1-2H3/t17-/m0/s1. The molecule has 0 unspecified atom stereocenters. The van der Waals surface area contributed by atoms with E-state index in [4.69, 9.17) is 9.26 Å². The molecule has 1 atom stereocenters. The molecular weight excluding hydrogens is 380 g/mol. The van der Waals surface area contributed by atoms with E-state index in [0.29, 0.717) is 30.6 Å². The van der Waals surface area contributed by atoms with Crippen molar-refractivity contribution in [3.63, 3.8) is 0 Å². The minimum atomic E-state index is -0.499. The summed E-state index contributed by atoms with van der Waals surface area (Å²) in [4.78, 5) is 21.3. The summed E-state index contributed by atoms with van der Waals surface area (Å²) in [6.07, 6.45) is 0.226. The molecule has 156 valence electrons. The number of rotatable bonds is 6. The van der Waals surface area contributed by atoms with Gasteiger partial charge in [-0.1, -0.05) is 30.3 Å². The van der Waals surface area contributed by atoms with Crippen molar-refractivity contribution in [2.24, 2.45) is 0 Å². The molecule has 1 saturated heterocycles. The number of aryl methyl sites for hydroxylation is 1. The Bertz CT molecular complexity index is 964. The number of hydrogen-bond acceptors (Lipinski definition) is 6. The van der Waals surface area contributed by atoms with Crippen LogP contribution in [0.1, 0.15) is 19.7 Å². The topological polar surface area (TPSA) is 71.7 Å². The number of amides is 1. The Morgan fingerprint density at radius 1 is 1.07 bits per heavy atom. The summed E-state index contributed by atoms with van der Waals surface area (Å²) >= 11 is 0. The van der Waals surface area contributed by atoms with Gasteiger partial charge in [-0.05, 0) is 43.3 Å². The summed E-state index contributed by atoms with van der Waals surface area (Å²) in [6.45, 7) is 6.71. The fraction of sp³-hybridized carbons (Fsp3) is 0.348. The van der Waals surface area contributed by atoms with Crippen LogP contribution in [0.3, 0.4) is 0 Å². The summed E-state index contributed by atoms with van der Waals surface area (Å²) < 4.78 is 11.0. The number of para-hydroxylation sites is 1. The van der Waals surface area contributed by atoms with Gasteiger partial charge in [0.25, 0.3) is 5.91 Å². The average molecular weight is 406 g/mol. The lowest BCUT2D eigenvalue weighted by atomic mass is 10.1. The van der Waals surface area contributed by atoms with Gasteiger partial charge in [0.15, 0.2) is 6.10 Å². The van der Waals surface area contributed by atoms with E-state index in [1.54, 1.807) is 0 Å². The Balaban J connectivity index is 1.32. The highest BCUT2D eigenvalue weighted by molar-refractivity contribution is 5.81. The zero-order chi connectivity index (χ0) is 20.9. The van der Waals surface area contributed by atoms with E-state index in [-0.39, 0.29) is 5.91 Å². The van der Waals surface area contributed by atoms with Gasteiger partial charge in [0, 0.05) is 43.9 Å². The first-order valence-corrected chi connectivity index (χ1v) is 10.3. The first kappa shape index (κ1) is 19.9. The van der Waals surface area contributed by atoms with E-state index in [9.17, 15) is 4.79 Å². The molecule has 0 radical (unpaired) electrons. The monoisotopic (exact) mass is 406 g/mol. The maximum atomic E-state index is 12.7. The first-order chi connectivity index (χ1) is 14.6. The summed E-state index contributed by atoms with van der Waals surface area (Å²) in [5.74, 6) is 1.99. The Kier molecular flexibility index (Phi) is 5.97. The van der Waals surface area contributed by atoms with Crippen LogP contribution in [0.15, 0.2) is 59.1 Å². The van der Waals surface area contributed by atoms with Crippen LogP contribution in [0.5, 0.6) is 5.75 Å². The Morgan fingerprint density at radius 2 is 1.77 bits per heavy atom. The van der Waals surface area contributed by atoms with Gasteiger partial charge in [-0.2, -0.15) is 4.98 Å². The lowest BCUT2D eigenvalue weighted by Crippen LogP contribution is -2.52. The second-order valence-electron chi connectivity index (χ2n) is 7.30. The van der Waals surface area contributed by atoms with Crippen LogP contribution in [0.25, 0.3) is 11.4 Å². The molecule has 7 nitrogen and oxygen atoms in total. The molecule has 30 heavy (non-hydrogen) atoms. The molecule has 7 heteroatoms. The van der Waals surface area contributed by atoms with E-state index in [0.717, 1.165) is 30.8 Å². The second kappa shape index (κ2) is 8.98. The second-order valence-corrected chi connectivity index (χ2v) is 7.30. The quantitative estimate of drug-likeness (QED) is 0.625.